The maximum absolute atomic E-state index is 12.1. The first-order valence-corrected chi connectivity index (χ1v) is 7.60. The molecule has 0 N–H and O–H groups in total. The molecule has 6 heteroatoms. The molecule has 0 unspecified atom stereocenters. The lowest BCUT2D eigenvalue weighted by atomic mass is 10.2. The summed E-state index contributed by atoms with van der Waals surface area (Å²) in [7, 11) is -1.91. The SMILES string of the molecule is CN(CCCCCC(=O)[O-])S(=O)(=O)c1ccccc1. The molecule has 0 fully saturated rings. The van der Waals surface area contributed by atoms with E-state index in [0.29, 0.717) is 25.8 Å². The van der Waals surface area contributed by atoms with Crippen LogP contribution in [0.1, 0.15) is 25.7 Å². The summed E-state index contributed by atoms with van der Waals surface area (Å²) in [6.45, 7) is 0.379. The van der Waals surface area contributed by atoms with Crippen molar-refractivity contribution in [1.29, 1.82) is 0 Å². The number of carbonyl (C=O) groups excluding carboxylic acids is 1. The molecule has 0 aliphatic heterocycles. The summed E-state index contributed by atoms with van der Waals surface area (Å²) in [5, 5.41) is 10.2. The molecule has 0 radical (unpaired) electrons. The Morgan fingerprint density at radius 2 is 1.79 bits per heavy atom. The summed E-state index contributed by atoms with van der Waals surface area (Å²) in [5.74, 6) is -1.06. The zero-order valence-corrected chi connectivity index (χ0v) is 11.7. The number of carbonyl (C=O) groups is 1. The molecule has 0 aliphatic carbocycles. The number of carboxylic acid groups (broad SMARTS) is 1. The number of unbranched alkanes of at least 4 members (excludes halogenated alkanes) is 2. The van der Waals surface area contributed by atoms with Gasteiger partial charge in [-0.15, -0.1) is 0 Å². The van der Waals surface area contributed by atoms with E-state index in [4.69, 9.17) is 0 Å². The molecule has 0 spiro atoms. The molecule has 0 heterocycles. The molecule has 1 rings (SSSR count). The first kappa shape index (κ1) is 15.7. The summed E-state index contributed by atoms with van der Waals surface area (Å²) in [5.41, 5.74) is 0. The van der Waals surface area contributed by atoms with E-state index in [1.165, 1.54) is 11.4 Å². The van der Waals surface area contributed by atoms with Gasteiger partial charge in [0.2, 0.25) is 10.0 Å². The molecule has 5 nitrogen and oxygen atoms in total. The van der Waals surface area contributed by atoms with E-state index in [1.807, 2.05) is 0 Å². The number of aliphatic carboxylic acids is 1. The topological polar surface area (TPSA) is 77.5 Å². The summed E-state index contributed by atoms with van der Waals surface area (Å²) < 4.78 is 25.5. The molecule has 0 aliphatic rings. The molecule has 1 aromatic rings. The van der Waals surface area contributed by atoms with Gasteiger partial charge in [-0.05, 0) is 31.4 Å². The summed E-state index contributed by atoms with van der Waals surface area (Å²) >= 11 is 0. The highest BCUT2D eigenvalue weighted by Gasteiger charge is 2.19. The van der Waals surface area contributed by atoms with Crippen molar-refractivity contribution in [3.05, 3.63) is 30.3 Å². The number of rotatable bonds is 8. The van der Waals surface area contributed by atoms with Crippen molar-refractivity contribution in [2.24, 2.45) is 0 Å². The summed E-state index contributed by atoms with van der Waals surface area (Å²) in [6, 6.07) is 8.24. The van der Waals surface area contributed by atoms with Crippen molar-refractivity contribution in [3.63, 3.8) is 0 Å². The van der Waals surface area contributed by atoms with Crippen LogP contribution in [0.3, 0.4) is 0 Å². The van der Waals surface area contributed by atoms with Gasteiger partial charge in [-0.25, -0.2) is 12.7 Å². The predicted octanol–water partition coefficient (Wildman–Crippen LogP) is 0.617. The second kappa shape index (κ2) is 7.25. The van der Waals surface area contributed by atoms with E-state index in [-0.39, 0.29) is 11.3 Å². The lowest BCUT2D eigenvalue weighted by molar-refractivity contribution is -0.305. The van der Waals surface area contributed by atoms with Gasteiger partial charge in [-0.3, -0.25) is 0 Å². The molecule has 106 valence electrons. The van der Waals surface area contributed by atoms with Gasteiger partial charge in [0.05, 0.1) is 4.90 Å². The minimum absolute atomic E-state index is 0.0230. The Hall–Kier alpha value is -1.40. The second-order valence-electron chi connectivity index (χ2n) is 4.32. The van der Waals surface area contributed by atoms with Gasteiger partial charge in [-0.2, -0.15) is 0 Å². The maximum atomic E-state index is 12.1. The highest BCUT2D eigenvalue weighted by atomic mass is 32.2. The number of benzene rings is 1. The Morgan fingerprint density at radius 3 is 2.37 bits per heavy atom. The average molecular weight is 284 g/mol. The monoisotopic (exact) mass is 284 g/mol. The van der Waals surface area contributed by atoms with E-state index >= 15 is 0 Å². The molecule has 0 saturated heterocycles. The predicted molar refractivity (Wildman–Crippen MR) is 69.7 cm³/mol. The molecule has 1 aromatic carbocycles. The van der Waals surface area contributed by atoms with Gasteiger partial charge in [0.15, 0.2) is 0 Å². The highest BCUT2D eigenvalue weighted by Crippen LogP contribution is 2.14. The van der Waals surface area contributed by atoms with Gasteiger partial charge in [0.1, 0.15) is 0 Å². The van der Waals surface area contributed by atoms with Crippen molar-refractivity contribution in [1.82, 2.24) is 4.31 Å². The third-order valence-corrected chi connectivity index (χ3v) is 4.68. The third kappa shape index (κ3) is 5.00. The summed E-state index contributed by atoms with van der Waals surface area (Å²) in [6.07, 6.45) is 1.84. The smallest absolute Gasteiger partial charge is 0.242 e. The van der Waals surface area contributed by atoms with Crippen LogP contribution in [-0.2, 0) is 14.8 Å². The Balaban J connectivity index is 2.45. The van der Waals surface area contributed by atoms with Crippen molar-refractivity contribution >= 4 is 16.0 Å². The molecule has 0 amide bonds. The fourth-order valence-electron chi connectivity index (χ4n) is 1.67. The largest absolute Gasteiger partial charge is 0.550 e. The second-order valence-corrected chi connectivity index (χ2v) is 6.37. The molecule has 0 aromatic heterocycles. The molecule has 19 heavy (non-hydrogen) atoms. The lowest BCUT2D eigenvalue weighted by Gasteiger charge is -2.17. The van der Waals surface area contributed by atoms with Crippen LogP contribution in [0.4, 0.5) is 0 Å². The van der Waals surface area contributed by atoms with Gasteiger partial charge in [0, 0.05) is 19.6 Å². The fraction of sp³-hybridized carbons (Fsp3) is 0.462. The third-order valence-electron chi connectivity index (χ3n) is 2.81. The number of carboxylic acids is 1. The van der Waals surface area contributed by atoms with Crippen LogP contribution in [0.2, 0.25) is 0 Å². The van der Waals surface area contributed by atoms with Crippen molar-refractivity contribution in [3.8, 4) is 0 Å². The van der Waals surface area contributed by atoms with Crippen LogP contribution in [0.15, 0.2) is 35.2 Å². The first-order valence-electron chi connectivity index (χ1n) is 6.16. The Morgan fingerprint density at radius 1 is 1.16 bits per heavy atom. The highest BCUT2D eigenvalue weighted by molar-refractivity contribution is 7.89. The van der Waals surface area contributed by atoms with Gasteiger partial charge >= 0.3 is 0 Å². The first-order chi connectivity index (χ1) is 8.94. The molecule has 0 saturated carbocycles. The minimum Gasteiger partial charge on any atom is -0.550 e. The van der Waals surface area contributed by atoms with E-state index < -0.39 is 16.0 Å². The fourth-order valence-corrected chi connectivity index (χ4v) is 2.90. The lowest BCUT2D eigenvalue weighted by Crippen LogP contribution is -2.28. The minimum atomic E-state index is -3.44. The zero-order valence-electron chi connectivity index (χ0n) is 10.9. The Bertz CT molecular complexity index is 499. The summed E-state index contributed by atoms with van der Waals surface area (Å²) in [4.78, 5) is 10.5. The number of nitrogens with zero attached hydrogens (tertiary/aromatic N) is 1. The molecular weight excluding hydrogens is 266 g/mol. The zero-order chi connectivity index (χ0) is 14.3. The average Bonchev–Trinajstić information content (AvgIpc) is 2.38. The maximum Gasteiger partial charge on any atom is 0.242 e. The van der Waals surface area contributed by atoms with Crippen molar-refractivity contribution < 1.29 is 18.3 Å². The number of hydrogen-bond donors (Lipinski definition) is 0. The van der Waals surface area contributed by atoms with Crippen LogP contribution in [-0.4, -0.2) is 32.3 Å². The number of hydrogen-bond acceptors (Lipinski definition) is 4. The molecular formula is C13H18NO4S-. The van der Waals surface area contributed by atoms with Gasteiger partial charge in [-0.1, -0.05) is 24.6 Å². The van der Waals surface area contributed by atoms with Crippen molar-refractivity contribution in [2.75, 3.05) is 13.6 Å². The van der Waals surface area contributed by atoms with E-state index in [1.54, 1.807) is 30.3 Å². The Kier molecular flexibility index (Phi) is 5.98. The van der Waals surface area contributed by atoms with Crippen molar-refractivity contribution in [2.45, 2.75) is 30.6 Å². The quantitative estimate of drug-likeness (QED) is 0.656. The van der Waals surface area contributed by atoms with E-state index in [0.717, 1.165) is 0 Å². The van der Waals surface area contributed by atoms with Crippen LogP contribution < -0.4 is 5.11 Å². The van der Waals surface area contributed by atoms with Crippen LogP contribution in [0.5, 0.6) is 0 Å². The van der Waals surface area contributed by atoms with Crippen LogP contribution >= 0.6 is 0 Å². The van der Waals surface area contributed by atoms with Crippen LogP contribution in [0.25, 0.3) is 0 Å². The number of sulfonamides is 1. The Labute approximate surface area is 113 Å². The van der Waals surface area contributed by atoms with E-state index in [9.17, 15) is 18.3 Å². The van der Waals surface area contributed by atoms with Crippen LogP contribution in [0, 0.1) is 0 Å². The van der Waals surface area contributed by atoms with Gasteiger partial charge in [0.25, 0.3) is 0 Å². The van der Waals surface area contributed by atoms with E-state index in [2.05, 4.69) is 0 Å². The standard InChI is InChI=1S/C13H19NO4S/c1-14(11-7-3-6-10-13(15)16)19(17,18)12-8-4-2-5-9-12/h2,4-5,8-9H,3,6-7,10-11H2,1H3,(H,15,16)/p-1. The normalized spacial score (nSPS) is 11.7. The molecule has 0 atom stereocenters. The molecule has 0 bridgehead atoms. The van der Waals surface area contributed by atoms with Gasteiger partial charge < -0.3 is 9.90 Å².